The van der Waals surface area contributed by atoms with Crippen LogP contribution in [-0.2, 0) is 27.2 Å². The van der Waals surface area contributed by atoms with E-state index in [1.807, 2.05) is 56.3 Å². The summed E-state index contributed by atoms with van der Waals surface area (Å²) >= 11 is 0. The van der Waals surface area contributed by atoms with Gasteiger partial charge in [0.2, 0.25) is 17.7 Å². The number of aromatic nitrogens is 3. The molecule has 57 heavy (non-hydrogen) atoms. The van der Waals surface area contributed by atoms with Gasteiger partial charge < -0.3 is 47.7 Å². The Bertz CT molecular complexity index is 1770. The topological polar surface area (TPSA) is 256 Å². The third-order valence-corrected chi connectivity index (χ3v) is 8.93. The minimum atomic E-state index is -1.26. The second-order valence-corrected chi connectivity index (χ2v) is 13.7. The number of hydrogen-bond donors (Lipinski definition) is 8. The monoisotopic (exact) mass is 854 g/mol. The van der Waals surface area contributed by atoms with Gasteiger partial charge in [0, 0.05) is 25.2 Å². The van der Waals surface area contributed by atoms with Crippen molar-refractivity contribution in [3.05, 3.63) is 96.3 Å². The van der Waals surface area contributed by atoms with E-state index in [2.05, 4.69) is 36.2 Å². The maximum Gasteiger partial charge on any atom is 0.270 e. The largest absolute Gasteiger partial charge is 0.412 e. The number of hydrogen-bond acceptors (Lipinski definition) is 9. The fourth-order valence-electron chi connectivity index (χ4n) is 6.19. The highest BCUT2D eigenvalue weighted by Crippen LogP contribution is 2.20. The van der Waals surface area contributed by atoms with E-state index in [1.54, 1.807) is 24.4 Å². The van der Waals surface area contributed by atoms with Crippen molar-refractivity contribution in [2.75, 3.05) is 13.2 Å². The van der Waals surface area contributed by atoms with E-state index in [9.17, 15) is 29.4 Å². The summed E-state index contributed by atoms with van der Waals surface area (Å²) in [6.45, 7) is 4.11. The molecule has 4 amide bonds. The molecular formula is C39H57Cl3N8O7. The molecule has 0 aliphatic carbocycles. The fourth-order valence-corrected chi connectivity index (χ4v) is 6.19. The number of unbranched alkanes of at least 4 members (excludes halogenated alkanes) is 1. The van der Waals surface area contributed by atoms with Gasteiger partial charge in [-0.25, -0.2) is 4.98 Å². The SMILES string of the molecule is CC(C)C[C@H](NC(=O)[C@H](Cc1c[nH]cn1)NC(=O)[C@H](Cc1cccc2ccccc12)NC(=O)c1ccccn1)[C@@H](O)CC(=O)N[C@H](CO)CCCCN.Cl.Cl.Cl.O. The molecule has 0 radical (unpaired) electrons. The number of aromatic amines is 1. The van der Waals surface area contributed by atoms with Crippen LogP contribution in [0.15, 0.2) is 79.4 Å². The van der Waals surface area contributed by atoms with Crippen molar-refractivity contribution in [1.82, 2.24) is 36.2 Å². The number of carbonyl (C=O) groups excluding carboxylic acids is 4. The Morgan fingerprint density at radius 3 is 2.16 bits per heavy atom. The molecule has 2 aromatic heterocycles. The number of benzene rings is 2. The van der Waals surface area contributed by atoms with E-state index in [1.165, 1.54) is 12.5 Å². The first kappa shape index (κ1) is 52.6. The fraction of sp³-hybridized carbons (Fsp3) is 0.436. The van der Waals surface area contributed by atoms with Crippen LogP contribution in [0.3, 0.4) is 0 Å². The van der Waals surface area contributed by atoms with E-state index in [4.69, 9.17) is 5.73 Å². The van der Waals surface area contributed by atoms with E-state index in [-0.39, 0.29) is 80.2 Å². The summed E-state index contributed by atoms with van der Waals surface area (Å²) in [7, 11) is 0. The minimum absolute atomic E-state index is 0. The van der Waals surface area contributed by atoms with Gasteiger partial charge in [-0.15, -0.1) is 37.2 Å². The first-order valence-electron chi connectivity index (χ1n) is 18.1. The average molecular weight is 856 g/mol. The Labute approximate surface area is 351 Å². The average Bonchev–Trinajstić information content (AvgIpc) is 3.67. The molecule has 0 saturated heterocycles. The molecule has 18 heteroatoms. The van der Waals surface area contributed by atoms with Crippen LogP contribution >= 0.6 is 37.2 Å². The van der Waals surface area contributed by atoms with Crippen molar-refractivity contribution in [2.45, 2.75) is 89.1 Å². The number of H-pyrrole nitrogens is 1. The van der Waals surface area contributed by atoms with Crippen LogP contribution in [0.5, 0.6) is 0 Å². The number of amides is 4. The van der Waals surface area contributed by atoms with E-state index < -0.39 is 53.9 Å². The standard InChI is InChI=1S/C39H52N8O6.3ClH.H2O/c1-25(2)18-32(35(49)21-36(50)44-28(23-48)13-5-7-16-40)45-39(53)34(20-29-22-41-24-43-29)47-38(52)33(46-37(51)31-15-6-8-17-42-31)19-27-12-9-11-26-10-3-4-14-30(26)27;;;;/h3-4,6,8-12,14-15,17,22,24-25,28,32-35,48-49H,5,7,13,16,18-21,23,40H2,1-2H3,(H,41,43)(H,44,50)(H,45,53)(H,46,51)(H,47,52);3*1H;1H2/t28-,32-,33-,34-,35-;;;;/m0..../s1. The number of aliphatic hydroxyl groups excluding tert-OH is 2. The molecule has 4 rings (SSSR count). The summed E-state index contributed by atoms with van der Waals surface area (Å²) in [5.41, 5.74) is 7.01. The predicted molar refractivity (Wildman–Crippen MR) is 227 cm³/mol. The molecule has 2 aromatic carbocycles. The molecule has 0 bridgehead atoms. The number of fused-ring (bicyclic) bond motifs is 1. The van der Waals surface area contributed by atoms with Crippen LogP contribution in [0.2, 0.25) is 0 Å². The molecule has 0 aliphatic heterocycles. The summed E-state index contributed by atoms with van der Waals surface area (Å²) < 4.78 is 0. The van der Waals surface area contributed by atoms with Crippen LogP contribution in [0.4, 0.5) is 0 Å². The lowest BCUT2D eigenvalue weighted by atomic mass is 9.96. The number of pyridine rings is 1. The van der Waals surface area contributed by atoms with Crippen molar-refractivity contribution in [3.63, 3.8) is 0 Å². The Balaban J connectivity index is 0.00000784. The van der Waals surface area contributed by atoms with Gasteiger partial charge in [-0.05, 0) is 60.2 Å². The predicted octanol–water partition coefficient (Wildman–Crippen LogP) is 2.36. The Morgan fingerprint density at radius 2 is 1.51 bits per heavy atom. The number of aliphatic hydroxyl groups is 2. The molecule has 11 N–H and O–H groups in total. The van der Waals surface area contributed by atoms with E-state index in [0.29, 0.717) is 25.1 Å². The number of halogens is 3. The molecule has 0 saturated carbocycles. The van der Waals surface area contributed by atoms with Crippen LogP contribution in [-0.4, -0.2) is 97.7 Å². The van der Waals surface area contributed by atoms with Crippen molar-refractivity contribution < 1.29 is 34.9 Å². The molecule has 0 spiro atoms. The number of nitrogens with zero attached hydrogens (tertiary/aromatic N) is 2. The highest BCUT2D eigenvalue weighted by atomic mass is 35.5. The lowest BCUT2D eigenvalue weighted by Crippen LogP contribution is -2.57. The molecule has 4 aromatic rings. The van der Waals surface area contributed by atoms with Crippen molar-refractivity contribution >= 4 is 71.6 Å². The first-order valence-corrected chi connectivity index (χ1v) is 18.1. The minimum Gasteiger partial charge on any atom is -0.412 e. The molecule has 0 unspecified atom stereocenters. The van der Waals surface area contributed by atoms with Crippen molar-refractivity contribution in [2.24, 2.45) is 11.7 Å². The lowest BCUT2D eigenvalue weighted by molar-refractivity contribution is -0.131. The van der Waals surface area contributed by atoms with Gasteiger partial charge in [-0.3, -0.25) is 24.2 Å². The van der Waals surface area contributed by atoms with E-state index >= 15 is 0 Å². The molecule has 0 fully saturated rings. The van der Waals surface area contributed by atoms with Crippen molar-refractivity contribution in [1.29, 1.82) is 0 Å². The number of imidazole rings is 1. The number of rotatable bonds is 21. The van der Waals surface area contributed by atoms with Gasteiger partial charge in [-0.1, -0.05) is 68.8 Å². The maximum atomic E-state index is 14.2. The number of nitrogens with two attached hydrogens (primary N) is 1. The highest BCUT2D eigenvalue weighted by molar-refractivity contribution is 5.98. The zero-order chi connectivity index (χ0) is 38.2. The first-order chi connectivity index (χ1) is 25.6. The van der Waals surface area contributed by atoms with Gasteiger partial charge in [-0.2, -0.15) is 0 Å². The van der Waals surface area contributed by atoms with Crippen LogP contribution in [0.1, 0.15) is 67.7 Å². The Kier molecular flexibility index (Phi) is 25.2. The maximum absolute atomic E-state index is 14.2. The van der Waals surface area contributed by atoms with Gasteiger partial charge in [0.15, 0.2) is 0 Å². The second kappa shape index (κ2) is 27.3. The summed E-state index contributed by atoms with van der Waals surface area (Å²) in [4.78, 5) is 65.7. The summed E-state index contributed by atoms with van der Waals surface area (Å²) in [5.74, 6) is -2.19. The zero-order valence-corrected chi connectivity index (χ0v) is 34.5. The number of nitrogens with one attached hydrogen (secondary N) is 5. The molecule has 316 valence electrons. The van der Waals surface area contributed by atoms with Gasteiger partial charge in [0.1, 0.15) is 17.8 Å². The van der Waals surface area contributed by atoms with Gasteiger partial charge in [0.05, 0.1) is 43.2 Å². The lowest BCUT2D eigenvalue weighted by Gasteiger charge is -2.29. The van der Waals surface area contributed by atoms with Crippen LogP contribution in [0.25, 0.3) is 10.8 Å². The molecule has 15 nitrogen and oxygen atoms in total. The van der Waals surface area contributed by atoms with Crippen LogP contribution in [0, 0.1) is 5.92 Å². The molecule has 2 heterocycles. The summed E-state index contributed by atoms with van der Waals surface area (Å²) in [6.07, 6.45) is 5.48. The third-order valence-electron chi connectivity index (χ3n) is 8.93. The van der Waals surface area contributed by atoms with Gasteiger partial charge in [0.25, 0.3) is 5.91 Å². The normalized spacial score (nSPS) is 13.2. The van der Waals surface area contributed by atoms with Gasteiger partial charge >= 0.3 is 0 Å². The van der Waals surface area contributed by atoms with Crippen molar-refractivity contribution in [3.8, 4) is 0 Å². The molecule has 5 atom stereocenters. The smallest absolute Gasteiger partial charge is 0.270 e. The zero-order valence-electron chi connectivity index (χ0n) is 32.1. The molecular weight excluding hydrogens is 799 g/mol. The van der Waals surface area contributed by atoms with E-state index in [0.717, 1.165) is 29.2 Å². The quantitative estimate of drug-likeness (QED) is 0.0572. The van der Waals surface area contributed by atoms with Crippen LogP contribution < -0.4 is 27.0 Å². The Hall–Kier alpha value is -4.35. The highest BCUT2D eigenvalue weighted by Gasteiger charge is 2.32. The second-order valence-electron chi connectivity index (χ2n) is 13.7. The Morgan fingerprint density at radius 1 is 0.825 bits per heavy atom. The molecule has 0 aliphatic rings. The third kappa shape index (κ3) is 17.0. The number of carbonyl (C=O) groups is 4. The summed E-state index contributed by atoms with van der Waals surface area (Å²) in [5, 5.41) is 34.1. The summed E-state index contributed by atoms with van der Waals surface area (Å²) in [6, 6.07) is 14.8.